The van der Waals surface area contributed by atoms with Gasteiger partial charge < -0.3 is 15.2 Å². The highest BCUT2D eigenvalue weighted by Gasteiger charge is 2.45. The summed E-state index contributed by atoms with van der Waals surface area (Å²) in [5, 5.41) is 2.44. The van der Waals surface area contributed by atoms with Crippen LogP contribution >= 0.6 is 0 Å². The van der Waals surface area contributed by atoms with Crippen molar-refractivity contribution in [2.75, 3.05) is 19.6 Å². The van der Waals surface area contributed by atoms with Crippen molar-refractivity contribution in [3.63, 3.8) is 0 Å². The average molecular weight is 353 g/mol. The van der Waals surface area contributed by atoms with Crippen LogP contribution in [0.15, 0.2) is 30.6 Å². The Bertz CT molecular complexity index is 792. The lowest BCUT2D eigenvalue weighted by Crippen LogP contribution is -2.97. The number of aromatic amines is 1. The average Bonchev–Trinajstić information content (AvgIpc) is 3.12. The highest BCUT2D eigenvalue weighted by molar-refractivity contribution is 5.94. The number of H-pyrrole nitrogens is 1. The lowest BCUT2D eigenvalue weighted by Gasteiger charge is -2.41. The molecule has 5 heteroatoms. The minimum Gasteiger partial charge on any atom is -0.348 e. The molecule has 2 aliphatic rings. The minimum absolute atomic E-state index is 0.0560. The molecule has 3 heterocycles. The van der Waals surface area contributed by atoms with Crippen LogP contribution in [0.25, 0.3) is 0 Å². The fourth-order valence-corrected chi connectivity index (χ4v) is 4.38. The van der Waals surface area contributed by atoms with E-state index in [9.17, 15) is 4.79 Å². The lowest BCUT2D eigenvalue weighted by molar-refractivity contribution is -0.743. The molecule has 1 aromatic carbocycles. The molecule has 1 spiro atoms. The van der Waals surface area contributed by atoms with E-state index in [1.54, 1.807) is 0 Å². The Balaban J connectivity index is 1.46. The van der Waals surface area contributed by atoms with Gasteiger partial charge in [0.2, 0.25) is 0 Å². The van der Waals surface area contributed by atoms with Crippen LogP contribution < -0.4 is 5.32 Å². The molecule has 0 bridgehead atoms. The summed E-state index contributed by atoms with van der Waals surface area (Å²) in [6.07, 6.45) is 4.81. The Morgan fingerprint density at radius 2 is 1.88 bits per heavy atom. The molecule has 1 amide bonds. The molecular weight excluding hydrogens is 324 g/mol. The second-order valence-electron chi connectivity index (χ2n) is 8.75. The summed E-state index contributed by atoms with van der Waals surface area (Å²) in [5.74, 6) is 0.151. The number of carbonyl (C=O) groups excluding carboxylic acids is 1. The highest BCUT2D eigenvalue weighted by atomic mass is 16.2. The first kappa shape index (κ1) is 17.3. The van der Waals surface area contributed by atoms with E-state index in [1.807, 2.05) is 23.4 Å². The second kappa shape index (κ2) is 6.23. The number of aromatic nitrogens is 2. The summed E-state index contributed by atoms with van der Waals surface area (Å²) < 4.78 is 0. The highest BCUT2D eigenvalue weighted by Crippen LogP contribution is 2.32. The molecule has 26 heavy (non-hydrogen) atoms. The van der Waals surface area contributed by atoms with Gasteiger partial charge in [0, 0.05) is 43.6 Å². The fraction of sp³-hybridized carbons (Fsp3) is 0.524. The van der Waals surface area contributed by atoms with E-state index in [0.717, 1.165) is 44.5 Å². The van der Waals surface area contributed by atoms with Crippen molar-refractivity contribution >= 4 is 5.91 Å². The molecule has 0 atom stereocenters. The normalized spacial score (nSPS) is 19.4. The maximum atomic E-state index is 12.9. The second-order valence-corrected chi connectivity index (χ2v) is 8.75. The first-order valence-electron chi connectivity index (χ1n) is 9.66. The number of imidazole rings is 1. The van der Waals surface area contributed by atoms with Crippen molar-refractivity contribution in [1.82, 2.24) is 14.9 Å². The van der Waals surface area contributed by atoms with E-state index < -0.39 is 0 Å². The zero-order valence-corrected chi connectivity index (χ0v) is 16.0. The fourth-order valence-electron chi connectivity index (χ4n) is 4.38. The number of carbonyl (C=O) groups is 1. The molecule has 0 aliphatic carbocycles. The van der Waals surface area contributed by atoms with Crippen LogP contribution in [0.2, 0.25) is 0 Å². The Morgan fingerprint density at radius 1 is 1.19 bits per heavy atom. The van der Waals surface area contributed by atoms with Gasteiger partial charge in [-0.3, -0.25) is 4.79 Å². The van der Waals surface area contributed by atoms with Gasteiger partial charge >= 0.3 is 0 Å². The van der Waals surface area contributed by atoms with Crippen molar-refractivity contribution in [1.29, 1.82) is 0 Å². The van der Waals surface area contributed by atoms with Gasteiger partial charge in [-0.15, -0.1) is 0 Å². The van der Waals surface area contributed by atoms with E-state index >= 15 is 0 Å². The summed E-state index contributed by atoms with van der Waals surface area (Å²) in [4.78, 5) is 22.8. The summed E-state index contributed by atoms with van der Waals surface area (Å²) in [5.41, 5.74) is 4.71. The minimum atomic E-state index is 0.0560. The number of likely N-dealkylation sites (tertiary alicyclic amines) is 1. The van der Waals surface area contributed by atoms with Crippen LogP contribution in [0.3, 0.4) is 0 Å². The summed E-state index contributed by atoms with van der Waals surface area (Å²) >= 11 is 0. The molecule has 0 unspecified atom stereocenters. The first-order chi connectivity index (χ1) is 12.4. The quantitative estimate of drug-likeness (QED) is 0.823. The number of nitrogens with two attached hydrogens (primary N) is 1. The predicted molar refractivity (Wildman–Crippen MR) is 101 cm³/mol. The smallest absolute Gasteiger partial charge is 0.253 e. The van der Waals surface area contributed by atoms with E-state index in [-0.39, 0.29) is 16.9 Å². The van der Waals surface area contributed by atoms with Gasteiger partial charge in [0.05, 0.1) is 12.9 Å². The van der Waals surface area contributed by atoms with E-state index in [2.05, 4.69) is 48.2 Å². The van der Waals surface area contributed by atoms with Crippen molar-refractivity contribution in [2.24, 2.45) is 0 Å². The monoisotopic (exact) mass is 353 g/mol. The Hall–Kier alpha value is -2.14. The van der Waals surface area contributed by atoms with Gasteiger partial charge in [-0.25, -0.2) is 4.98 Å². The Morgan fingerprint density at radius 3 is 2.54 bits per heavy atom. The Labute approximate surface area is 155 Å². The number of rotatable bonds is 1. The molecule has 2 aromatic rings. The molecule has 3 N–H and O–H groups in total. The van der Waals surface area contributed by atoms with Crippen LogP contribution in [0.5, 0.6) is 0 Å². The largest absolute Gasteiger partial charge is 0.348 e. The van der Waals surface area contributed by atoms with Crippen molar-refractivity contribution in [3.8, 4) is 0 Å². The van der Waals surface area contributed by atoms with Crippen LogP contribution in [0, 0.1) is 0 Å². The number of benzene rings is 1. The molecule has 4 rings (SSSR count). The van der Waals surface area contributed by atoms with Gasteiger partial charge in [-0.1, -0.05) is 32.9 Å². The predicted octanol–water partition coefficient (Wildman–Crippen LogP) is 1.96. The van der Waals surface area contributed by atoms with Crippen molar-refractivity contribution in [3.05, 3.63) is 53.1 Å². The third-order valence-electron chi connectivity index (χ3n) is 6.06. The Kier molecular flexibility index (Phi) is 4.14. The zero-order chi connectivity index (χ0) is 18.4. The lowest BCUT2D eigenvalue weighted by atomic mass is 9.80. The summed E-state index contributed by atoms with van der Waals surface area (Å²) in [6.45, 7) is 9.26. The standard InChI is InChI=1S/C21H28N4O/c1-20(2,3)16-6-4-15(5-7-16)19(26)25-12-9-21(10-13-25)18-17(8-11-24-21)22-14-23-18/h4-7,14,24H,8-13H2,1-3H3,(H,22,23)/p+1. The third-order valence-corrected chi connectivity index (χ3v) is 6.06. The van der Waals surface area contributed by atoms with Crippen LogP contribution in [0.1, 0.15) is 60.9 Å². The maximum Gasteiger partial charge on any atom is 0.253 e. The van der Waals surface area contributed by atoms with Crippen molar-refractivity contribution < 1.29 is 10.1 Å². The van der Waals surface area contributed by atoms with Crippen LogP contribution in [-0.4, -0.2) is 40.4 Å². The number of hydrogen-bond donors (Lipinski definition) is 2. The van der Waals surface area contributed by atoms with Crippen LogP contribution in [-0.2, 0) is 17.4 Å². The summed E-state index contributed by atoms with van der Waals surface area (Å²) in [6, 6.07) is 8.13. The van der Waals surface area contributed by atoms with E-state index in [1.165, 1.54) is 17.0 Å². The van der Waals surface area contributed by atoms with E-state index in [0.29, 0.717) is 0 Å². The number of nitrogens with zero attached hydrogens (tertiary/aromatic N) is 2. The molecule has 1 fully saturated rings. The maximum absolute atomic E-state index is 12.9. The molecule has 5 nitrogen and oxygen atoms in total. The molecular formula is C21H29N4O+. The third kappa shape index (κ3) is 2.94. The van der Waals surface area contributed by atoms with E-state index in [4.69, 9.17) is 0 Å². The number of amides is 1. The van der Waals surface area contributed by atoms with Gasteiger partial charge in [0.15, 0.2) is 0 Å². The zero-order valence-electron chi connectivity index (χ0n) is 16.0. The topological polar surface area (TPSA) is 65.6 Å². The first-order valence-corrected chi connectivity index (χ1v) is 9.66. The van der Waals surface area contributed by atoms with Gasteiger partial charge in [0.25, 0.3) is 5.91 Å². The number of fused-ring (bicyclic) bond motifs is 2. The van der Waals surface area contributed by atoms with Gasteiger partial charge in [0.1, 0.15) is 11.2 Å². The summed E-state index contributed by atoms with van der Waals surface area (Å²) in [7, 11) is 0. The number of nitrogens with one attached hydrogen (secondary N) is 1. The van der Waals surface area contributed by atoms with Crippen molar-refractivity contribution in [2.45, 2.75) is 51.0 Å². The van der Waals surface area contributed by atoms with Crippen LogP contribution in [0.4, 0.5) is 0 Å². The SMILES string of the molecule is CC(C)(C)c1ccc(C(=O)N2CCC3(CC2)[NH2+]CCc2[nH]cnc23)cc1. The molecule has 0 saturated carbocycles. The van der Waals surface area contributed by atoms with Gasteiger partial charge in [-0.2, -0.15) is 0 Å². The van der Waals surface area contributed by atoms with Gasteiger partial charge in [-0.05, 0) is 23.1 Å². The molecule has 0 radical (unpaired) electrons. The number of piperidine rings is 1. The molecule has 138 valence electrons. The molecule has 2 aliphatic heterocycles. The number of hydrogen-bond acceptors (Lipinski definition) is 2. The molecule has 1 saturated heterocycles. The molecule has 1 aromatic heterocycles. The number of quaternary nitrogens is 1.